The van der Waals surface area contributed by atoms with E-state index in [2.05, 4.69) is 10.4 Å². The van der Waals surface area contributed by atoms with Crippen molar-refractivity contribution in [1.29, 1.82) is 0 Å². The summed E-state index contributed by atoms with van der Waals surface area (Å²) in [6.45, 7) is 2.24. The van der Waals surface area contributed by atoms with E-state index in [1.54, 1.807) is 4.68 Å². The largest absolute Gasteiger partial charge is 0.399 e. The van der Waals surface area contributed by atoms with E-state index in [0.717, 1.165) is 11.3 Å². The maximum absolute atomic E-state index is 12.1. The number of nitrogens with two attached hydrogens (primary N) is 1. The lowest BCUT2D eigenvalue weighted by atomic mass is 10.1. The molecule has 0 atom stereocenters. The second kappa shape index (κ2) is 5.73. The van der Waals surface area contributed by atoms with Crippen LogP contribution in [0.25, 0.3) is 0 Å². The van der Waals surface area contributed by atoms with E-state index >= 15 is 0 Å². The van der Waals surface area contributed by atoms with Gasteiger partial charge in [-0.2, -0.15) is 5.10 Å². The van der Waals surface area contributed by atoms with Crippen molar-refractivity contribution in [2.24, 2.45) is 7.05 Å². The summed E-state index contributed by atoms with van der Waals surface area (Å²) in [4.78, 5) is 12.1. The first-order valence-electron chi connectivity index (χ1n) is 5.90. The quantitative estimate of drug-likeness (QED) is 0.855. The molecule has 20 heavy (non-hydrogen) atoms. The lowest BCUT2D eigenvalue weighted by Crippen LogP contribution is -2.23. The summed E-state index contributed by atoms with van der Waals surface area (Å²) in [6.07, 6.45) is 1.85. The first kappa shape index (κ1) is 14.7. The van der Waals surface area contributed by atoms with Crippen LogP contribution in [-0.4, -0.2) is 15.7 Å². The Labute approximate surface area is 126 Å². The van der Waals surface area contributed by atoms with Gasteiger partial charge in [0.1, 0.15) is 0 Å². The number of nitrogens with zero attached hydrogens (tertiary/aromatic N) is 2. The fraction of sp³-hybridized carbons (Fsp3) is 0.231. The molecule has 106 valence electrons. The fourth-order valence-corrected chi connectivity index (χ4v) is 2.29. The van der Waals surface area contributed by atoms with Gasteiger partial charge in [-0.25, -0.2) is 0 Å². The molecule has 0 unspecified atom stereocenters. The molecular weight excluding hydrogens is 299 g/mol. The Hall–Kier alpha value is -1.72. The molecule has 2 rings (SSSR count). The van der Waals surface area contributed by atoms with E-state index in [9.17, 15) is 4.79 Å². The topological polar surface area (TPSA) is 72.9 Å². The number of nitrogens with one attached hydrogen (secondary N) is 1. The molecule has 0 radical (unpaired) electrons. The van der Waals surface area contributed by atoms with Crippen LogP contribution >= 0.6 is 23.2 Å². The highest BCUT2D eigenvalue weighted by Gasteiger charge is 2.14. The van der Waals surface area contributed by atoms with Crippen LogP contribution in [0.3, 0.4) is 0 Å². The molecule has 0 saturated heterocycles. The lowest BCUT2D eigenvalue weighted by Gasteiger charge is -2.08. The zero-order valence-corrected chi connectivity index (χ0v) is 12.6. The van der Waals surface area contributed by atoms with Crippen molar-refractivity contribution in [2.75, 3.05) is 5.73 Å². The van der Waals surface area contributed by atoms with Gasteiger partial charge in [0.2, 0.25) is 0 Å². The molecule has 0 aliphatic carbocycles. The highest BCUT2D eigenvalue weighted by molar-refractivity contribution is 6.44. The summed E-state index contributed by atoms with van der Waals surface area (Å²) in [5.41, 5.74) is 8.12. The van der Waals surface area contributed by atoms with Gasteiger partial charge in [-0.3, -0.25) is 9.48 Å². The molecule has 1 amide bonds. The molecule has 0 aliphatic rings. The Bertz CT molecular complexity index is 667. The van der Waals surface area contributed by atoms with Crippen LogP contribution in [0, 0.1) is 6.92 Å². The molecular formula is C13H14Cl2N4O. The van der Waals surface area contributed by atoms with Crippen LogP contribution in [0.4, 0.5) is 5.69 Å². The van der Waals surface area contributed by atoms with Gasteiger partial charge in [0.15, 0.2) is 0 Å². The summed E-state index contributed by atoms with van der Waals surface area (Å²) >= 11 is 11.9. The number of halogens is 2. The molecule has 1 aromatic heterocycles. The van der Waals surface area contributed by atoms with Crippen molar-refractivity contribution in [1.82, 2.24) is 15.1 Å². The Kier molecular flexibility index (Phi) is 4.20. The van der Waals surface area contributed by atoms with Gasteiger partial charge < -0.3 is 11.1 Å². The van der Waals surface area contributed by atoms with E-state index < -0.39 is 0 Å². The molecule has 3 N–H and O–H groups in total. The predicted octanol–water partition coefficient (Wildman–Crippen LogP) is 2.55. The van der Waals surface area contributed by atoms with Gasteiger partial charge >= 0.3 is 0 Å². The molecule has 0 fully saturated rings. The van der Waals surface area contributed by atoms with Gasteiger partial charge in [0.05, 0.1) is 21.3 Å². The highest BCUT2D eigenvalue weighted by Crippen LogP contribution is 2.28. The molecule has 0 aliphatic heterocycles. The number of benzene rings is 1. The van der Waals surface area contributed by atoms with Crippen LogP contribution in [0.5, 0.6) is 0 Å². The van der Waals surface area contributed by atoms with E-state index in [1.807, 2.05) is 20.2 Å². The number of nitrogen functional groups attached to an aromatic ring is 1. The number of rotatable bonds is 3. The molecule has 5 nitrogen and oxygen atoms in total. The van der Waals surface area contributed by atoms with Crippen LogP contribution in [0.2, 0.25) is 10.0 Å². The maximum Gasteiger partial charge on any atom is 0.253 e. The SMILES string of the molecule is Cc1nn(C)cc1CNC(=O)c1cc(N)cc(Cl)c1Cl. The Morgan fingerprint density at radius 1 is 1.45 bits per heavy atom. The minimum Gasteiger partial charge on any atom is -0.399 e. The molecule has 1 heterocycles. The normalized spacial score (nSPS) is 10.6. The summed E-state index contributed by atoms with van der Waals surface area (Å²) < 4.78 is 1.70. The van der Waals surface area contributed by atoms with Crippen molar-refractivity contribution >= 4 is 34.8 Å². The summed E-state index contributed by atoms with van der Waals surface area (Å²) in [7, 11) is 1.83. The average Bonchev–Trinajstić information content (AvgIpc) is 2.69. The average molecular weight is 313 g/mol. The van der Waals surface area contributed by atoms with Gasteiger partial charge in [0, 0.05) is 31.0 Å². The summed E-state index contributed by atoms with van der Waals surface area (Å²) in [5.74, 6) is -0.326. The highest BCUT2D eigenvalue weighted by atomic mass is 35.5. The van der Waals surface area contributed by atoms with Crippen LogP contribution in [0.1, 0.15) is 21.6 Å². The third-order valence-corrected chi connectivity index (χ3v) is 3.65. The number of carbonyl (C=O) groups excluding carboxylic acids is 1. The summed E-state index contributed by atoms with van der Waals surface area (Å²) in [6, 6.07) is 3.01. The van der Waals surface area contributed by atoms with Crippen molar-refractivity contribution in [3.63, 3.8) is 0 Å². The number of carbonyl (C=O) groups is 1. The van der Waals surface area contributed by atoms with Crippen LogP contribution in [-0.2, 0) is 13.6 Å². The van der Waals surface area contributed by atoms with Crippen molar-refractivity contribution in [3.8, 4) is 0 Å². The van der Waals surface area contributed by atoms with E-state index in [0.29, 0.717) is 12.2 Å². The second-order valence-corrected chi connectivity index (χ2v) is 5.25. The van der Waals surface area contributed by atoms with Crippen LogP contribution < -0.4 is 11.1 Å². The minimum atomic E-state index is -0.326. The Balaban J connectivity index is 2.15. The Morgan fingerprint density at radius 3 is 2.75 bits per heavy atom. The summed E-state index contributed by atoms with van der Waals surface area (Å²) in [5, 5.41) is 7.43. The smallest absolute Gasteiger partial charge is 0.253 e. The van der Waals surface area contributed by atoms with E-state index in [1.165, 1.54) is 12.1 Å². The molecule has 0 bridgehead atoms. The standard InChI is InChI=1S/C13H14Cl2N4O/c1-7-8(6-19(2)18-7)5-17-13(20)10-3-9(16)4-11(14)12(10)15/h3-4,6H,5,16H2,1-2H3,(H,17,20). The number of aromatic nitrogens is 2. The number of aryl methyl sites for hydroxylation is 2. The second-order valence-electron chi connectivity index (χ2n) is 4.46. The van der Waals surface area contributed by atoms with E-state index in [-0.39, 0.29) is 21.5 Å². The van der Waals surface area contributed by atoms with Crippen molar-refractivity contribution < 1.29 is 4.79 Å². The van der Waals surface area contributed by atoms with Crippen molar-refractivity contribution in [3.05, 3.63) is 45.2 Å². The monoisotopic (exact) mass is 312 g/mol. The zero-order valence-electron chi connectivity index (χ0n) is 11.1. The molecule has 1 aromatic carbocycles. The third-order valence-electron chi connectivity index (χ3n) is 2.85. The van der Waals surface area contributed by atoms with Gasteiger partial charge in [-0.05, 0) is 19.1 Å². The van der Waals surface area contributed by atoms with Crippen molar-refractivity contribution in [2.45, 2.75) is 13.5 Å². The number of hydrogen-bond donors (Lipinski definition) is 2. The molecule has 0 spiro atoms. The zero-order chi connectivity index (χ0) is 14.9. The van der Waals surface area contributed by atoms with Crippen LogP contribution in [0.15, 0.2) is 18.3 Å². The number of anilines is 1. The van der Waals surface area contributed by atoms with Gasteiger partial charge in [0.25, 0.3) is 5.91 Å². The first-order valence-corrected chi connectivity index (χ1v) is 6.66. The number of hydrogen-bond acceptors (Lipinski definition) is 3. The number of amides is 1. The van der Waals surface area contributed by atoms with Gasteiger partial charge in [-0.1, -0.05) is 23.2 Å². The molecule has 7 heteroatoms. The fourth-order valence-electron chi connectivity index (χ4n) is 1.87. The lowest BCUT2D eigenvalue weighted by molar-refractivity contribution is 0.0951. The Morgan fingerprint density at radius 2 is 2.15 bits per heavy atom. The van der Waals surface area contributed by atoms with Gasteiger partial charge in [-0.15, -0.1) is 0 Å². The predicted molar refractivity (Wildman–Crippen MR) is 80.0 cm³/mol. The molecule has 0 saturated carbocycles. The minimum absolute atomic E-state index is 0.196. The maximum atomic E-state index is 12.1. The first-order chi connectivity index (χ1) is 9.38. The third kappa shape index (κ3) is 3.05. The van der Waals surface area contributed by atoms with E-state index in [4.69, 9.17) is 28.9 Å². The molecule has 2 aromatic rings.